The molecule has 0 fully saturated rings. The number of carbonyl (C=O) groups excluding carboxylic acids is 1. The van der Waals surface area contributed by atoms with Crippen molar-refractivity contribution < 1.29 is 9.53 Å². The van der Waals surface area contributed by atoms with Gasteiger partial charge in [0.2, 0.25) is 0 Å². The maximum absolute atomic E-state index is 11.7. The molecule has 0 saturated carbocycles. The average Bonchev–Trinajstić information content (AvgIpc) is 2.36. The molecule has 1 heterocycles. The van der Waals surface area contributed by atoms with Gasteiger partial charge < -0.3 is 4.74 Å². The number of carbonyl (C=O) groups is 1. The van der Waals surface area contributed by atoms with Gasteiger partial charge in [0.1, 0.15) is 0 Å². The first-order valence-corrected chi connectivity index (χ1v) is 6.60. The number of ether oxygens (including phenoxy) is 1. The van der Waals surface area contributed by atoms with Gasteiger partial charge >= 0.3 is 5.97 Å². The van der Waals surface area contributed by atoms with Crippen molar-refractivity contribution in [1.29, 1.82) is 0 Å². The Morgan fingerprint density at radius 3 is 2.88 bits per heavy atom. The number of hydrogen-bond donors (Lipinski definition) is 0. The molecule has 17 heavy (non-hydrogen) atoms. The highest BCUT2D eigenvalue weighted by molar-refractivity contribution is 8.02. The molecule has 0 aliphatic carbocycles. The Morgan fingerprint density at radius 1 is 1.47 bits per heavy atom. The molecule has 1 aromatic rings. The van der Waals surface area contributed by atoms with E-state index in [0.717, 1.165) is 18.4 Å². The van der Waals surface area contributed by atoms with Crippen LogP contribution in [0.4, 0.5) is 0 Å². The van der Waals surface area contributed by atoms with E-state index in [4.69, 9.17) is 4.74 Å². The Morgan fingerprint density at radius 2 is 2.24 bits per heavy atom. The van der Waals surface area contributed by atoms with Crippen LogP contribution in [-0.4, -0.2) is 13.1 Å². The smallest absolute Gasteiger partial charge is 0.338 e. The summed E-state index contributed by atoms with van der Waals surface area (Å²) in [6.45, 7) is 4.20. The van der Waals surface area contributed by atoms with Gasteiger partial charge in [-0.1, -0.05) is 30.3 Å². The highest BCUT2D eigenvalue weighted by atomic mass is 32.2. The number of hydrogen-bond acceptors (Lipinski definition) is 3. The van der Waals surface area contributed by atoms with E-state index in [2.05, 4.69) is 25.3 Å². The first-order chi connectivity index (χ1) is 8.15. The lowest BCUT2D eigenvalue weighted by atomic mass is 9.98. The molecule has 0 saturated heterocycles. The number of fused-ring (bicyclic) bond motifs is 1. The van der Waals surface area contributed by atoms with Crippen molar-refractivity contribution in [2.75, 3.05) is 7.11 Å². The lowest BCUT2D eigenvalue weighted by molar-refractivity contribution is 0.0599. The fourth-order valence-electron chi connectivity index (χ4n) is 2.02. The van der Waals surface area contributed by atoms with Gasteiger partial charge in [-0.2, -0.15) is 0 Å². The zero-order valence-electron chi connectivity index (χ0n) is 10.4. The number of esters is 1. The monoisotopic (exact) mass is 248 g/mol. The van der Waals surface area contributed by atoms with E-state index in [1.807, 2.05) is 6.07 Å². The summed E-state index contributed by atoms with van der Waals surface area (Å²) in [6.07, 6.45) is 1.84. The summed E-state index contributed by atoms with van der Waals surface area (Å²) in [5.41, 5.74) is 4.47. The molecule has 0 amide bonds. The lowest BCUT2D eigenvalue weighted by Crippen LogP contribution is -2.08. The van der Waals surface area contributed by atoms with Crippen LogP contribution in [0.1, 0.15) is 35.3 Å². The summed E-state index contributed by atoms with van der Waals surface area (Å²) in [7, 11) is 1.43. The van der Waals surface area contributed by atoms with Crippen LogP contribution in [0.25, 0.3) is 0 Å². The van der Waals surface area contributed by atoms with Gasteiger partial charge in [0, 0.05) is 4.90 Å². The predicted molar refractivity (Wildman–Crippen MR) is 70.5 cm³/mol. The Balaban J connectivity index is 2.48. The first kappa shape index (κ1) is 12.2. The van der Waals surface area contributed by atoms with Crippen molar-refractivity contribution in [3.05, 3.63) is 39.8 Å². The standard InChI is InChI=1S/C14H16O2S/c1-4-10-6-11-5-9(2)8-17-13(11)7-12(10)14(15)16-3/h6-8H,4-5H2,1-3H3. The largest absolute Gasteiger partial charge is 0.465 e. The fraction of sp³-hybridized carbons (Fsp3) is 0.357. The van der Waals surface area contributed by atoms with Crippen molar-refractivity contribution >= 4 is 17.7 Å². The van der Waals surface area contributed by atoms with E-state index in [0.29, 0.717) is 5.56 Å². The third-order valence-electron chi connectivity index (χ3n) is 2.93. The summed E-state index contributed by atoms with van der Waals surface area (Å²) < 4.78 is 4.83. The summed E-state index contributed by atoms with van der Waals surface area (Å²) in [6, 6.07) is 4.11. The van der Waals surface area contributed by atoms with Crippen LogP contribution in [0.5, 0.6) is 0 Å². The fourth-order valence-corrected chi connectivity index (χ4v) is 2.90. The number of allylic oxidation sites excluding steroid dienone is 1. The Kier molecular flexibility index (Phi) is 3.57. The summed E-state index contributed by atoms with van der Waals surface area (Å²) in [5, 5.41) is 2.15. The van der Waals surface area contributed by atoms with E-state index in [9.17, 15) is 4.79 Å². The van der Waals surface area contributed by atoms with Crippen LogP contribution >= 0.6 is 11.8 Å². The number of aryl methyl sites for hydroxylation is 1. The van der Waals surface area contributed by atoms with Gasteiger partial charge in [0.25, 0.3) is 0 Å². The zero-order valence-corrected chi connectivity index (χ0v) is 11.2. The molecule has 0 aromatic heterocycles. The van der Waals surface area contributed by atoms with Gasteiger partial charge in [-0.3, -0.25) is 0 Å². The number of thioether (sulfide) groups is 1. The minimum Gasteiger partial charge on any atom is -0.465 e. The predicted octanol–water partition coefficient (Wildman–Crippen LogP) is 3.59. The minimum absolute atomic E-state index is 0.239. The Hall–Kier alpha value is -1.22. The molecule has 2 nitrogen and oxygen atoms in total. The topological polar surface area (TPSA) is 26.3 Å². The molecule has 1 aliphatic heterocycles. The van der Waals surface area contributed by atoms with Crippen LogP contribution in [0.15, 0.2) is 28.0 Å². The molecule has 2 rings (SSSR count). The van der Waals surface area contributed by atoms with Crippen LogP contribution in [-0.2, 0) is 17.6 Å². The third-order valence-corrected chi connectivity index (χ3v) is 4.08. The maximum atomic E-state index is 11.7. The first-order valence-electron chi connectivity index (χ1n) is 5.72. The molecule has 0 spiro atoms. The average molecular weight is 248 g/mol. The molecule has 3 heteroatoms. The highest BCUT2D eigenvalue weighted by Gasteiger charge is 2.17. The second-order valence-corrected chi connectivity index (χ2v) is 5.13. The van der Waals surface area contributed by atoms with Crippen LogP contribution in [0.2, 0.25) is 0 Å². The van der Waals surface area contributed by atoms with E-state index in [-0.39, 0.29) is 5.97 Å². The van der Waals surface area contributed by atoms with E-state index < -0.39 is 0 Å². The second kappa shape index (κ2) is 4.96. The molecular formula is C14H16O2S. The summed E-state index contributed by atoms with van der Waals surface area (Å²) >= 11 is 1.69. The van der Waals surface area contributed by atoms with Gasteiger partial charge in [-0.15, -0.1) is 0 Å². The minimum atomic E-state index is -0.239. The normalized spacial score (nSPS) is 13.9. The van der Waals surface area contributed by atoms with E-state index in [1.54, 1.807) is 11.8 Å². The number of methoxy groups -OCH3 is 1. The number of rotatable bonds is 2. The van der Waals surface area contributed by atoms with Gasteiger partial charge in [-0.05, 0) is 42.4 Å². The van der Waals surface area contributed by atoms with E-state index >= 15 is 0 Å². The molecule has 0 radical (unpaired) electrons. The highest BCUT2D eigenvalue weighted by Crippen LogP contribution is 2.34. The molecule has 0 atom stereocenters. The SMILES string of the molecule is CCc1cc2c(cc1C(=O)OC)SC=C(C)C2. The lowest BCUT2D eigenvalue weighted by Gasteiger charge is -2.17. The number of benzene rings is 1. The van der Waals surface area contributed by atoms with Crippen molar-refractivity contribution in [3.8, 4) is 0 Å². The molecule has 1 aromatic carbocycles. The molecule has 0 bridgehead atoms. The molecule has 0 N–H and O–H groups in total. The quantitative estimate of drug-likeness (QED) is 0.748. The molecule has 1 aliphatic rings. The van der Waals surface area contributed by atoms with Gasteiger partial charge in [0.15, 0.2) is 0 Å². The van der Waals surface area contributed by atoms with Crippen molar-refractivity contribution in [3.63, 3.8) is 0 Å². The molecular weight excluding hydrogens is 232 g/mol. The van der Waals surface area contributed by atoms with Crippen LogP contribution in [0.3, 0.4) is 0 Å². The van der Waals surface area contributed by atoms with Gasteiger partial charge in [0.05, 0.1) is 12.7 Å². The molecule has 0 unspecified atom stereocenters. The van der Waals surface area contributed by atoms with Crippen molar-refractivity contribution in [2.24, 2.45) is 0 Å². The summed E-state index contributed by atoms with van der Waals surface area (Å²) in [5.74, 6) is -0.239. The molecule has 90 valence electrons. The van der Waals surface area contributed by atoms with Crippen molar-refractivity contribution in [2.45, 2.75) is 31.6 Å². The zero-order chi connectivity index (χ0) is 12.4. The van der Waals surface area contributed by atoms with Crippen LogP contribution in [0, 0.1) is 0 Å². The maximum Gasteiger partial charge on any atom is 0.338 e. The third kappa shape index (κ3) is 2.39. The van der Waals surface area contributed by atoms with E-state index in [1.165, 1.54) is 23.1 Å². The van der Waals surface area contributed by atoms with Gasteiger partial charge in [-0.25, -0.2) is 4.79 Å². The Labute approximate surface area is 106 Å². The second-order valence-electron chi connectivity index (χ2n) is 4.22. The van der Waals surface area contributed by atoms with Crippen molar-refractivity contribution in [1.82, 2.24) is 0 Å². The van der Waals surface area contributed by atoms with Crippen LogP contribution < -0.4 is 0 Å². The Bertz CT molecular complexity index is 489. The summed E-state index contributed by atoms with van der Waals surface area (Å²) in [4.78, 5) is 12.9.